The summed E-state index contributed by atoms with van der Waals surface area (Å²) >= 11 is 0. The smallest absolute Gasteiger partial charge is 0.126 e. The van der Waals surface area contributed by atoms with E-state index >= 15 is 0 Å². The molecule has 0 aliphatic heterocycles. The van der Waals surface area contributed by atoms with E-state index in [2.05, 4.69) is 59.8 Å². The zero-order chi connectivity index (χ0) is 16.2. The molecule has 4 heteroatoms. The van der Waals surface area contributed by atoms with Crippen molar-refractivity contribution in [2.75, 3.05) is 23.7 Å². The van der Waals surface area contributed by atoms with E-state index in [4.69, 9.17) is 4.98 Å². The molecule has 2 heterocycles. The van der Waals surface area contributed by atoms with Gasteiger partial charge in [0.2, 0.25) is 0 Å². The minimum absolute atomic E-state index is 0.791. The molecule has 1 aromatic carbocycles. The summed E-state index contributed by atoms with van der Waals surface area (Å²) < 4.78 is 0. The molecule has 0 radical (unpaired) electrons. The molecule has 0 spiro atoms. The largest absolute Gasteiger partial charge is 0.368 e. The molecule has 0 saturated carbocycles. The van der Waals surface area contributed by atoms with Gasteiger partial charge in [0, 0.05) is 24.7 Å². The van der Waals surface area contributed by atoms with Crippen LogP contribution in [-0.4, -0.2) is 23.1 Å². The Balaban J connectivity index is 1.62. The van der Waals surface area contributed by atoms with Crippen molar-refractivity contribution in [2.45, 2.75) is 20.8 Å². The van der Waals surface area contributed by atoms with Crippen molar-refractivity contribution < 1.29 is 0 Å². The number of benzene rings is 1. The average Bonchev–Trinajstić information content (AvgIpc) is 2.53. The van der Waals surface area contributed by atoms with E-state index in [1.807, 2.05) is 19.2 Å². The van der Waals surface area contributed by atoms with E-state index in [1.165, 1.54) is 22.1 Å². The monoisotopic (exact) mass is 306 g/mol. The Morgan fingerprint density at radius 1 is 0.826 bits per heavy atom. The second-order valence-electron chi connectivity index (χ2n) is 5.92. The van der Waals surface area contributed by atoms with Gasteiger partial charge in [-0.15, -0.1) is 0 Å². The molecule has 0 aliphatic rings. The van der Waals surface area contributed by atoms with Crippen molar-refractivity contribution in [2.24, 2.45) is 0 Å². The normalized spacial score (nSPS) is 10.7. The minimum atomic E-state index is 0.791. The minimum Gasteiger partial charge on any atom is -0.368 e. The molecule has 118 valence electrons. The van der Waals surface area contributed by atoms with Gasteiger partial charge in [-0.2, -0.15) is 0 Å². The van der Waals surface area contributed by atoms with Gasteiger partial charge in [-0.25, -0.2) is 9.97 Å². The number of rotatable bonds is 5. The van der Waals surface area contributed by atoms with Crippen LogP contribution in [0.2, 0.25) is 0 Å². The van der Waals surface area contributed by atoms with Crippen molar-refractivity contribution in [3.8, 4) is 0 Å². The van der Waals surface area contributed by atoms with Crippen molar-refractivity contribution in [3.63, 3.8) is 0 Å². The number of nitrogens with one attached hydrogen (secondary N) is 2. The van der Waals surface area contributed by atoms with Crippen LogP contribution in [0.25, 0.3) is 10.9 Å². The van der Waals surface area contributed by atoms with Crippen molar-refractivity contribution in [3.05, 3.63) is 59.3 Å². The second kappa shape index (κ2) is 6.65. The van der Waals surface area contributed by atoms with Gasteiger partial charge in [-0.05, 0) is 55.7 Å². The first kappa shape index (κ1) is 15.3. The van der Waals surface area contributed by atoms with Gasteiger partial charge >= 0.3 is 0 Å². The Morgan fingerprint density at radius 2 is 1.57 bits per heavy atom. The van der Waals surface area contributed by atoms with Gasteiger partial charge in [0.25, 0.3) is 0 Å². The lowest BCUT2D eigenvalue weighted by Crippen LogP contribution is -2.15. The molecular weight excluding hydrogens is 284 g/mol. The van der Waals surface area contributed by atoms with Crippen molar-refractivity contribution >= 4 is 22.5 Å². The first-order chi connectivity index (χ1) is 11.1. The molecule has 0 amide bonds. The lowest BCUT2D eigenvalue weighted by molar-refractivity contribution is 1.05. The van der Waals surface area contributed by atoms with Gasteiger partial charge in [-0.1, -0.05) is 18.2 Å². The summed E-state index contributed by atoms with van der Waals surface area (Å²) in [5.41, 5.74) is 4.68. The number of aryl methyl sites for hydroxylation is 3. The maximum absolute atomic E-state index is 4.70. The number of hydrogen-bond donors (Lipinski definition) is 2. The molecule has 23 heavy (non-hydrogen) atoms. The van der Waals surface area contributed by atoms with Crippen LogP contribution in [0.4, 0.5) is 11.6 Å². The van der Waals surface area contributed by atoms with E-state index in [-0.39, 0.29) is 0 Å². The summed E-state index contributed by atoms with van der Waals surface area (Å²) in [6.07, 6.45) is 1.87. The van der Waals surface area contributed by atoms with E-state index in [9.17, 15) is 0 Å². The topological polar surface area (TPSA) is 49.8 Å². The van der Waals surface area contributed by atoms with Gasteiger partial charge in [0.05, 0.1) is 5.52 Å². The quantitative estimate of drug-likeness (QED) is 0.697. The summed E-state index contributed by atoms with van der Waals surface area (Å²) in [7, 11) is 0. The molecule has 2 aromatic heterocycles. The highest BCUT2D eigenvalue weighted by atomic mass is 15.0. The van der Waals surface area contributed by atoms with E-state index in [0.717, 1.165) is 30.2 Å². The first-order valence-electron chi connectivity index (χ1n) is 7.90. The number of hydrogen-bond acceptors (Lipinski definition) is 4. The third-order valence-electron chi connectivity index (χ3n) is 3.82. The Kier molecular flexibility index (Phi) is 4.42. The highest BCUT2D eigenvalue weighted by Crippen LogP contribution is 2.21. The molecule has 0 saturated heterocycles. The molecule has 0 atom stereocenters. The number of anilines is 2. The fourth-order valence-corrected chi connectivity index (χ4v) is 2.56. The Bertz CT molecular complexity index is 809. The molecule has 0 bridgehead atoms. The maximum atomic E-state index is 4.70. The van der Waals surface area contributed by atoms with Crippen LogP contribution >= 0.6 is 0 Å². The summed E-state index contributed by atoms with van der Waals surface area (Å²) in [6.45, 7) is 7.84. The van der Waals surface area contributed by atoms with Gasteiger partial charge in [-0.3, -0.25) is 0 Å². The van der Waals surface area contributed by atoms with E-state index < -0.39 is 0 Å². The summed E-state index contributed by atoms with van der Waals surface area (Å²) in [5, 5.41) is 7.89. The first-order valence-corrected chi connectivity index (χ1v) is 7.90. The second-order valence-corrected chi connectivity index (χ2v) is 5.92. The third-order valence-corrected chi connectivity index (χ3v) is 3.82. The van der Waals surface area contributed by atoms with Crippen LogP contribution in [0, 0.1) is 20.8 Å². The predicted octanol–water partition coefficient (Wildman–Crippen LogP) is 4.08. The number of pyridine rings is 2. The Hall–Kier alpha value is -2.62. The Labute approximate surface area is 137 Å². The van der Waals surface area contributed by atoms with Crippen molar-refractivity contribution in [1.82, 2.24) is 9.97 Å². The summed E-state index contributed by atoms with van der Waals surface area (Å²) in [6, 6.07) is 12.5. The number of fused-ring (bicyclic) bond motifs is 1. The van der Waals surface area contributed by atoms with Gasteiger partial charge < -0.3 is 10.6 Å². The van der Waals surface area contributed by atoms with Crippen LogP contribution in [0.5, 0.6) is 0 Å². The number of aromatic nitrogens is 2. The maximum Gasteiger partial charge on any atom is 0.126 e. The Morgan fingerprint density at radius 3 is 2.30 bits per heavy atom. The standard InChI is InChI=1S/C19H22N4/c1-13-4-6-16-15(3)11-19(23-17(16)10-13)21-9-8-20-18-7-5-14(2)12-22-18/h4-7,10-12H,8-9H2,1-3H3,(H,20,22)(H,21,23). The fourth-order valence-electron chi connectivity index (χ4n) is 2.56. The lowest BCUT2D eigenvalue weighted by atomic mass is 10.1. The SMILES string of the molecule is Cc1ccc(NCCNc2cc(C)c3ccc(C)cc3n2)nc1. The van der Waals surface area contributed by atoms with E-state index in [1.54, 1.807) is 0 Å². The molecule has 0 aliphatic carbocycles. The molecule has 3 rings (SSSR count). The molecule has 2 N–H and O–H groups in total. The third kappa shape index (κ3) is 3.77. The molecule has 0 unspecified atom stereocenters. The van der Waals surface area contributed by atoms with Crippen LogP contribution < -0.4 is 10.6 Å². The molecule has 4 nitrogen and oxygen atoms in total. The van der Waals surface area contributed by atoms with Gasteiger partial charge in [0.1, 0.15) is 11.6 Å². The fraction of sp³-hybridized carbons (Fsp3) is 0.263. The zero-order valence-electron chi connectivity index (χ0n) is 13.9. The van der Waals surface area contributed by atoms with Gasteiger partial charge in [0.15, 0.2) is 0 Å². The summed E-state index contributed by atoms with van der Waals surface area (Å²) in [4.78, 5) is 9.03. The highest BCUT2D eigenvalue weighted by molar-refractivity contribution is 5.84. The summed E-state index contributed by atoms with van der Waals surface area (Å²) in [5.74, 6) is 1.81. The van der Waals surface area contributed by atoms with Crippen LogP contribution in [0.3, 0.4) is 0 Å². The average molecular weight is 306 g/mol. The van der Waals surface area contributed by atoms with Crippen molar-refractivity contribution in [1.29, 1.82) is 0 Å². The van der Waals surface area contributed by atoms with Crippen LogP contribution in [0.1, 0.15) is 16.7 Å². The van der Waals surface area contributed by atoms with Crippen LogP contribution in [-0.2, 0) is 0 Å². The molecule has 0 fully saturated rings. The lowest BCUT2D eigenvalue weighted by Gasteiger charge is -2.10. The van der Waals surface area contributed by atoms with E-state index in [0.29, 0.717) is 0 Å². The highest BCUT2D eigenvalue weighted by Gasteiger charge is 2.03. The van der Waals surface area contributed by atoms with Crippen LogP contribution in [0.15, 0.2) is 42.6 Å². The zero-order valence-corrected chi connectivity index (χ0v) is 13.9. The number of nitrogens with zero attached hydrogens (tertiary/aromatic N) is 2. The molecule has 3 aromatic rings. The predicted molar refractivity (Wildman–Crippen MR) is 97.2 cm³/mol. The molecular formula is C19H22N4.